The first-order chi connectivity index (χ1) is 6.15. The van der Waals surface area contributed by atoms with Gasteiger partial charge in [0.2, 0.25) is 0 Å². The number of allylic oxidation sites excluding steroid dienone is 1. The molecule has 0 saturated heterocycles. The number of thioether (sulfide) groups is 1. The molecule has 0 saturated carbocycles. The molecule has 0 spiro atoms. The van der Waals surface area contributed by atoms with Gasteiger partial charge >= 0.3 is 0 Å². The third kappa shape index (κ3) is 2.46. The molecule has 0 aliphatic rings. The summed E-state index contributed by atoms with van der Waals surface area (Å²) >= 11 is 1.39. The molecule has 0 N–H and O–H groups in total. The molecule has 2 heteroatoms. The fourth-order valence-corrected chi connectivity index (χ4v) is 1.26. The molecule has 0 aliphatic heterocycles. The summed E-state index contributed by atoms with van der Waals surface area (Å²) in [4.78, 5) is 12.2. The molecule has 0 radical (unpaired) electrons. The Labute approximate surface area is 82.9 Å². The van der Waals surface area contributed by atoms with Crippen LogP contribution in [0.4, 0.5) is 0 Å². The van der Waals surface area contributed by atoms with Crippen LogP contribution in [-0.2, 0) is 0 Å². The van der Waals surface area contributed by atoms with Crippen LogP contribution in [0.3, 0.4) is 0 Å². The van der Waals surface area contributed by atoms with Crippen molar-refractivity contribution >= 4 is 17.5 Å². The van der Waals surface area contributed by atoms with Crippen molar-refractivity contribution in [2.24, 2.45) is 0 Å². The molecule has 0 unspecified atom stereocenters. The summed E-state index contributed by atoms with van der Waals surface area (Å²) in [6.45, 7) is 5.68. The summed E-state index contributed by atoms with van der Waals surface area (Å²) < 4.78 is 0. The van der Waals surface area contributed by atoms with E-state index in [1.165, 1.54) is 11.8 Å². The highest BCUT2D eigenvalue weighted by Gasteiger charge is 2.07. The summed E-state index contributed by atoms with van der Waals surface area (Å²) in [7, 11) is 0. The smallest absolute Gasteiger partial charge is 0.198 e. The summed E-state index contributed by atoms with van der Waals surface area (Å²) in [6, 6.07) is 7.53. The molecular weight excluding hydrogens is 180 g/mol. The zero-order chi connectivity index (χ0) is 9.84. The van der Waals surface area contributed by atoms with Crippen molar-refractivity contribution in [1.82, 2.24) is 0 Å². The maximum Gasteiger partial charge on any atom is 0.198 e. The van der Waals surface area contributed by atoms with Crippen molar-refractivity contribution in [2.45, 2.75) is 6.92 Å². The van der Waals surface area contributed by atoms with E-state index in [0.717, 1.165) is 5.56 Å². The molecule has 1 nitrogen and oxygen atoms in total. The summed E-state index contributed by atoms with van der Waals surface area (Å²) in [5.74, 6) is 0.0208. The number of hydrogen-bond acceptors (Lipinski definition) is 2. The van der Waals surface area contributed by atoms with Crippen LogP contribution in [0, 0.1) is 6.92 Å². The minimum atomic E-state index is 0.0208. The number of benzene rings is 1. The van der Waals surface area contributed by atoms with Gasteiger partial charge in [0.25, 0.3) is 0 Å². The van der Waals surface area contributed by atoms with E-state index < -0.39 is 0 Å². The van der Waals surface area contributed by atoms with Crippen molar-refractivity contribution in [3.05, 3.63) is 46.9 Å². The van der Waals surface area contributed by atoms with Crippen molar-refractivity contribution < 1.29 is 4.79 Å². The van der Waals surface area contributed by atoms with E-state index in [1.807, 2.05) is 37.4 Å². The normalized spacial score (nSPS) is 9.69. The zero-order valence-electron chi connectivity index (χ0n) is 7.83. The summed E-state index contributed by atoms with van der Waals surface area (Å²) in [5.41, 5.74) is 1.87. The number of aryl methyl sites for hydroxylation is 1. The van der Waals surface area contributed by atoms with Crippen LogP contribution < -0.4 is 0 Å². The van der Waals surface area contributed by atoms with Gasteiger partial charge in [0, 0.05) is 10.5 Å². The van der Waals surface area contributed by atoms with Crippen molar-refractivity contribution in [3.63, 3.8) is 0 Å². The maximum atomic E-state index is 11.6. The van der Waals surface area contributed by atoms with Gasteiger partial charge in [-0.1, -0.05) is 36.4 Å². The van der Waals surface area contributed by atoms with Crippen LogP contribution in [-0.4, -0.2) is 12.0 Å². The molecule has 1 aromatic rings. The highest BCUT2D eigenvalue weighted by Crippen LogP contribution is 2.16. The predicted octanol–water partition coefficient (Wildman–Crippen LogP) is 3.05. The minimum absolute atomic E-state index is 0.0208. The van der Waals surface area contributed by atoms with E-state index in [9.17, 15) is 4.79 Å². The molecule has 0 heterocycles. The largest absolute Gasteiger partial charge is 0.288 e. The summed E-state index contributed by atoms with van der Waals surface area (Å²) in [5, 5.41) is 0. The van der Waals surface area contributed by atoms with Gasteiger partial charge in [0.15, 0.2) is 5.78 Å². The maximum absolute atomic E-state index is 11.6. The molecule has 13 heavy (non-hydrogen) atoms. The van der Waals surface area contributed by atoms with Crippen LogP contribution >= 0.6 is 11.8 Å². The average molecular weight is 192 g/mol. The second-order valence-corrected chi connectivity index (χ2v) is 3.72. The zero-order valence-corrected chi connectivity index (χ0v) is 8.65. The Kier molecular flexibility index (Phi) is 3.32. The van der Waals surface area contributed by atoms with Crippen LogP contribution in [0.1, 0.15) is 15.9 Å². The van der Waals surface area contributed by atoms with Crippen molar-refractivity contribution in [1.29, 1.82) is 0 Å². The first kappa shape index (κ1) is 10.1. The van der Waals surface area contributed by atoms with E-state index in [2.05, 4.69) is 6.58 Å². The van der Waals surface area contributed by atoms with Crippen molar-refractivity contribution in [3.8, 4) is 0 Å². The van der Waals surface area contributed by atoms with Crippen LogP contribution in [0.2, 0.25) is 0 Å². The van der Waals surface area contributed by atoms with Gasteiger partial charge in [-0.25, -0.2) is 0 Å². The van der Waals surface area contributed by atoms with E-state index in [-0.39, 0.29) is 5.78 Å². The Hall–Kier alpha value is -1.02. The van der Waals surface area contributed by atoms with Gasteiger partial charge in [0.05, 0.1) is 0 Å². The fraction of sp³-hybridized carbons (Fsp3) is 0.182. The second-order valence-electron chi connectivity index (χ2n) is 2.82. The Bertz CT molecular complexity index is 324. The van der Waals surface area contributed by atoms with Crippen molar-refractivity contribution in [2.75, 3.05) is 6.26 Å². The Balaban J connectivity index is 2.90. The lowest BCUT2D eigenvalue weighted by Gasteiger charge is -2.01. The predicted molar refractivity (Wildman–Crippen MR) is 58.2 cm³/mol. The van der Waals surface area contributed by atoms with Gasteiger partial charge in [-0.3, -0.25) is 4.79 Å². The highest BCUT2D eigenvalue weighted by atomic mass is 32.2. The third-order valence-electron chi connectivity index (χ3n) is 1.81. The van der Waals surface area contributed by atoms with E-state index in [4.69, 9.17) is 0 Å². The molecule has 0 fully saturated rings. The molecule has 0 bridgehead atoms. The molecular formula is C11H12OS. The van der Waals surface area contributed by atoms with Crippen LogP contribution in [0.5, 0.6) is 0 Å². The first-order valence-electron chi connectivity index (χ1n) is 3.99. The molecule has 1 rings (SSSR count). The second kappa shape index (κ2) is 4.28. The van der Waals surface area contributed by atoms with Crippen LogP contribution in [0.25, 0.3) is 0 Å². The quantitative estimate of drug-likeness (QED) is 0.541. The monoisotopic (exact) mass is 192 g/mol. The Morgan fingerprint density at radius 1 is 1.31 bits per heavy atom. The molecule has 1 aromatic carbocycles. The molecule has 0 aliphatic carbocycles. The van der Waals surface area contributed by atoms with E-state index in [0.29, 0.717) is 10.5 Å². The van der Waals surface area contributed by atoms with Gasteiger partial charge < -0.3 is 0 Å². The van der Waals surface area contributed by atoms with E-state index >= 15 is 0 Å². The Morgan fingerprint density at radius 2 is 1.85 bits per heavy atom. The van der Waals surface area contributed by atoms with E-state index in [1.54, 1.807) is 0 Å². The number of Topliss-reactive ketones (excluding diaryl/α,β-unsaturated/α-hetero) is 1. The molecule has 68 valence electrons. The summed E-state index contributed by atoms with van der Waals surface area (Å²) in [6.07, 6.45) is 1.86. The number of carbonyl (C=O) groups is 1. The first-order valence-corrected chi connectivity index (χ1v) is 5.22. The molecule has 0 amide bonds. The standard InChI is InChI=1S/C11H12OS/c1-8-4-6-10(7-5-8)11(12)9(2)13-3/h4-7H,2H2,1,3H3. The topological polar surface area (TPSA) is 17.1 Å². The number of rotatable bonds is 3. The number of ketones is 1. The number of hydrogen-bond donors (Lipinski definition) is 0. The highest BCUT2D eigenvalue weighted by molar-refractivity contribution is 8.03. The third-order valence-corrected chi connectivity index (χ3v) is 2.49. The SMILES string of the molecule is C=C(SC)C(=O)c1ccc(C)cc1. The Morgan fingerprint density at radius 3 is 2.31 bits per heavy atom. The van der Waals surface area contributed by atoms with Crippen LogP contribution in [0.15, 0.2) is 35.7 Å². The van der Waals surface area contributed by atoms with Gasteiger partial charge in [-0.2, -0.15) is 0 Å². The van der Waals surface area contributed by atoms with Gasteiger partial charge in [0.1, 0.15) is 0 Å². The lowest BCUT2D eigenvalue weighted by atomic mass is 10.1. The number of carbonyl (C=O) groups excluding carboxylic acids is 1. The lowest BCUT2D eigenvalue weighted by molar-refractivity contribution is 0.104. The lowest BCUT2D eigenvalue weighted by Crippen LogP contribution is -1.98. The molecule has 0 aromatic heterocycles. The van der Waals surface area contributed by atoms with Gasteiger partial charge in [-0.15, -0.1) is 11.8 Å². The molecule has 0 atom stereocenters. The fourth-order valence-electron chi connectivity index (χ4n) is 0.959. The minimum Gasteiger partial charge on any atom is -0.288 e. The average Bonchev–Trinajstić information content (AvgIpc) is 2.17. The van der Waals surface area contributed by atoms with Gasteiger partial charge in [-0.05, 0) is 13.2 Å².